The summed E-state index contributed by atoms with van der Waals surface area (Å²) < 4.78 is 6.98. The lowest BCUT2D eigenvalue weighted by molar-refractivity contribution is 0.102. The number of carbonyl (C=O) groups is 1. The van der Waals surface area contributed by atoms with Crippen LogP contribution in [0.15, 0.2) is 30.7 Å². The highest BCUT2D eigenvalue weighted by Crippen LogP contribution is 2.19. The molecule has 0 unspecified atom stereocenters. The van der Waals surface area contributed by atoms with Crippen molar-refractivity contribution < 1.29 is 9.53 Å². The fraction of sp³-hybridized carbons (Fsp3) is 0.357. The van der Waals surface area contributed by atoms with E-state index < -0.39 is 0 Å². The van der Waals surface area contributed by atoms with Gasteiger partial charge in [0.1, 0.15) is 5.82 Å². The van der Waals surface area contributed by atoms with Crippen LogP contribution in [-0.4, -0.2) is 47.0 Å². The van der Waals surface area contributed by atoms with E-state index in [9.17, 15) is 4.79 Å². The molecule has 1 N–H and O–H groups in total. The minimum atomic E-state index is -0.183. The molecule has 1 aliphatic heterocycles. The predicted molar refractivity (Wildman–Crippen MR) is 78.4 cm³/mol. The molecule has 1 aliphatic rings. The minimum absolute atomic E-state index is 0.183. The highest BCUT2D eigenvalue weighted by Gasteiger charge is 2.20. The molecule has 1 saturated heterocycles. The number of hydrogen-bond acceptors (Lipinski definition) is 5. The standard InChI is InChI=1S/C14H17N5O2/c1-18-10-11(9-16-18)17-14(20)12-3-2-4-15-13(12)19-5-7-21-8-6-19/h2-4,9-10H,5-8H2,1H3,(H,17,20). The second kappa shape index (κ2) is 5.92. The van der Waals surface area contributed by atoms with E-state index in [1.54, 1.807) is 42.5 Å². The Hall–Kier alpha value is -2.41. The first-order valence-electron chi connectivity index (χ1n) is 6.82. The number of hydrogen-bond donors (Lipinski definition) is 1. The van der Waals surface area contributed by atoms with Gasteiger partial charge in [-0.25, -0.2) is 4.98 Å². The van der Waals surface area contributed by atoms with Crippen molar-refractivity contribution in [3.63, 3.8) is 0 Å². The van der Waals surface area contributed by atoms with Crippen molar-refractivity contribution in [2.24, 2.45) is 7.05 Å². The summed E-state index contributed by atoms with van der Waals surface area (Å²) in [7, 11) is 1.80. The van der Waals surface area contributed by atoms with Crippen molar-refractivity contribution in [3.8, 4) is 0 Å². The number of amides is 1. The smallest absolute Gasteiger partial charge is 0.259 e. The van der Waals surface area contributed by atoms with E-state index in [0.29, 0.717) is 30.3 Å². The van der Waals surface area contributed by atoms with Crippen LogP contribution < -0.4 is 10.2 Å². The number of rotatable bonds is 3. The molecule has 0 radical (unpaired) electrons. The maximum Gasteiger partial charge on any atom is 0.259 e. The van der Waals surface area contributed by atoms with Crippen molar-refractivity contribution in [2.45, 2.75) is 0 Å². The van der Waals surface area contributed by atoms with Gasteiger partial charge in [0.2, 0.25) is 0 Å². The molecule has 3 rings (SSSR count). The number of carbonyl (C=O) groups excluding carboxylic acids is 1. The number of ether oxygens (including phenoxy) is 1. The Morgan fingerprint density at radius 3 is 2.90 bits per heavy atom. The Labute approximate surface area is 122 Å². The van der Waals surface area contributed by atoms with Gasteiger partial charge in [-0.3, -0.25) is 9.48 Å². The summed E-state index contributed by atoms with van der Waals surface area (Å²) in [6, 6.07) is 3.55. The number of aromatic nitrogens is 3. The van der Waals surface area contributed by atoms with Gasteiger partial charge in [0.15, 0.2) is 0 Å². The molecule has 0 aromatic carbocycles. The van der Waals surface area contributed by atoms with Gasteiger partial charge in [-0.2, -0.15) is 5.10 Å². The Kier molecular flexibility index (Phi) is 3.83. The van der Waals surface area contributed by atoms with Gasteiger partial charge in [-0.1, -0.05) is 0 Å². The van der Waals surface area contributed by atoms with E-state index in [2.05, 4.69) is 20.3 Å². The predicted octanol–water partition coefficient (Wildman–Crippen LogP) is 0.904. The Bertz CT molecular complexity index is 634. The first-order chi connectivity index (χ1) is 10.2. The van der Waals surface area contributed by atoms with E-state index in [-0.39, 0.29) is 5.91 Å². The monoisotopic (exact) mass is 287 g/mol. The molecule has 2 aromatic rings. The zero-order chi connectivity index (χ0) is 14.7. The van der Waals surface area contributed by atoms with Crippen molar-refractivity contribution in [1.82, 2.24) is 14.8 Å². The quantitative estimate of drug-likeness (QED) is 0.908. The number of nitrogens with one attached hydrogen (secondary N) is 1. The van der Waals surface area contributed by atoms with Gasteiger partial charge in [0, 0.05) is 32.5 Å². The Balaban J connectivity index is 1.82. The molecule has 1 amide bonds. The van der Waals surface area contributed by atoms with Crippen LogP contribution >= 0.6 is 0 Å². The van der Waals surface area contributed by atoms with Crippen molar-refractivity contribution in [2.75, 3.05) is 36.5 Å². The maximum atomic E-state index is 12.4. The molecule has 0 saturated carbocycles. The van der Waals surface area contributed by atoms with Crippen molar-refractivity contribution in [3.05, 3.63) is 36.3 Å². The number of morpholine rings is 1. The van der Waals surface area contributed by atoms with Crippen LogP contribution in [0, 0.1) is 0 Å². The second-order valence-corrected chi connectivity index (χ2v) is 4.83. The van der Waals surface area contributed by atoms with Crippen LogP contribution in [0.4, 0.5) is 11.5 Å². The summed E-state index contributed by atoms with van der Waals surface area (Å²) in [5.41, 5.74) is 1.22. The number of aryl methyl sites for hydroxylation is 1. The third-order valence-electron chi connectivity index (χ3n) is 3.30. The van der Waals surface area contributed by atoms with Crippen LogP contribution in [0.25, 0.3) is 0 Å². The van der Waals surface area contributed by atoms with Gasteiger partial charge in [-0.15, -0.1) is 0 Å². The molecular formula is C14H17N5O2. The summed E-state index contributed by atoms with van der Waals surface area (Å²) in [5, 5.41) is 6.87. The van der Waals surface area contributed by atoms with E-state index in [0.717, 1.165) is 13.1 Å². The zero-order valence-corrected chi connectivity index (χ0v) is 11.8. The average Bonchev–Trinajstić information content (AvgIpc) is 2.93. The Morgan fingerprint density at radius 1 is 1.38 bits per heavy atom. The number of pyridine rings is 1. The van der Waals surface area contributed by atoms with E-state index in [4.69, 9.17) is 4.74 Å². The maximum absolute atomic E-state index is 12.4. The summed E-state index contributed by atoms with van der Waals surface area (Å²) in [6.07, 6.45) is 5.07. The Morgan fingerprint density at radius 2 is 2.19 bits per heavy atom. The molecule has 3 heterocycles. The van der Waals surface area contributed by atoms with Crippen molar-refractivity contribution >= 4 is 17.4 Å². The van der Waals surface area contributed by atoms with Crippen LogP contribution in [0.5, 0.6) is 0 Å². The fourth-order valence-corrected chi connectivity index (χ4v) is 2.29. The largest absolute Gasteiger partial charge is 0.378 e. The van der Waals surface area contributed by atoms with Crippen molar-refractivity contribution in [1.29, 1.82) is 0 Å². The third-order valence-corrected chi connectivity index (χ3v) is 3.30. The third kappa shape index (κ3) is 3.03. The van der Waals surface area contributed by atoms with Gasteiger partial charge in [-0.05, 0) is 12.1 Å². The molecule has 0 aliphatic carbocycles. The average molecular weight is 287 g/mol. The lowest BCUT2D eigenvalue weighted by Gasteiger charge is -2.29. The normalized spacial score (nSPS) is 15.0. The van der Waals surface area contributed by atoms with Gasteiger partial charge in [0.05, 0.1) is 30.7 Å². The molecule has 0 atom stereocenters. The van der Waals surface area contributed by atoms with Crippen LogP contribution in [0.1, 0.15) is 10.4 Å². The molecule has 1 fully saturated rings. The highest BCUT2D eigenvalue weighted by molar-refractivity contribution is 6.07. The minimum Gasteiger partial charge on any atom is -0.378 e. The molecule has 7 nitrogen and oxygen atoms in total. The first-order valence-corrected chi connectivity index (χ1v) is 6.82. The van der Waals surface area contributed by atoms with Crippen LogP contribution in [-0.2, 0) is 11.8 Å². The van der Waals surface area contributed by atoms with Crippen LogP contribution in [0.2, 0.25) is 0 Å². The molecule has 110 valence electrons. The molecule has 0 bridgehead atoms. The summed E-state index contributed by atoms with van der Waals surface area (Å²) in [6.45, 7) is 2.79. The lowest BCUT2D eigenvalue weighted by Crippen LogP contribution is -2.38. The van der Waals surface area contributed by atoms with Gasteiger partial charge >= 0.3 is 0 Å². The van der Waals surface area contributed by atoms with E-state index >= 15 is 0 Å². The molecule has 21 heavy (non-hydrogen) atoms. The SMILES string of the molecule is Cn1cc(NC(=O)c2cccnc2N2CCOCC2)cn1. The molecular weight excluding hydrogens is 270 g/mol. The first kappa shape index (κ1) is 13.6. The van der Waals surface area contributed by atoms with E-state index in [1.807, 2.05) is 0 Å². The molecule has 2 aromatic heterocycles. The highest BCUT2D eigenvalue weighted by atomic mass is 16.5. The molecule has 0 spiro atoms. The lowest BCUT2D eigenvalue weighted by atomic mass is 10.2. The number of anilines is 2. The van der Waals surface area contributed by atoms with Gasteiger partial charge in [0.25, 0.3) is 5.91 Å². The summed E-state index contributed by atoms with van der Waals surface area (Å²) in [5.74, 6) is 0.514. The summed E-state index contributed by atoms with van der Waals surface area (Å²) >= 11 is 0. The number of nitrogens with zero attached hydrogens (tertiary/aromatic N) is 4. The molecule has 7 heteroatoms. The zero-order valence-electron chi connectivity index (χ0n) is 11.8. The summed E-state index contributed by atoms with van der Waals surface area (Å²) in [4.78, 5) is 18.9. The van der Waals surface area contributed by atoms with Gasteiger partial charge < -0.3 is 15.0 Å². The second-order valence-electron chi connectivity index (χ2n) is 4.83. The topological polar surface area (TPSA) is 72.3 Å². The van der Waals surface area contributed by atoms with Crippen LogP contribution in [0.3, 0.4) is 0 Å². The fourth-order valence-electron chi connectivity index (χ4n) is 2.29. The van der Waals surface area contributed by atoms with E-state index in [1.165, 1.54) is 0 Å².